The van der Waals surface area contributed by atoms with Gasteiger partial charge in [0.2, 0.25) is 6.54 Å². The summed E-state index contributed by atoms with van der Waals surface area (Å²) in [6.07, 6.45) is -0.790. The van der Waals surface area contributed by atoms with E-state index < -0.39 is 23.5 Å². The summed E-state index contributed by atoms with van der Waals surface area (Å²) in [6.45, 7) is -0.415. The monoisotopic (exact) mass is 299 g/mol. The number of carbonyl (C=O) groups excluding carboxylic acids is 1. The quantitative estimate of drug-likeness (QED) is 0.436. The average molecular weight is 301 g/mol. The number of hydrogen-bond acceptors (Lipinski definition) is 4. The number of rotatable bonds is 2. The molecule has 0 unspecified atom stereocenters. The van der Waals surface area contributed by atoms with Gasteiger partial charge in [-0.2, -0.15) is 0 Å². The molecule has 0 saturated heterocycles. The second-order valence-corrected chi connectivity index (χ2v) is 3.72. The normalized spacial score (nSPS) is 22.8. The van der Waals surface area contributed by atoms with E-state index in [9.17, 15) is 14.9 Å². The number of halogens is 2. The topological polar surface area (TPSA) is 69.4 Å². The largest absolute Gasteiger partial charge is 0.446 e. The van der Waals surface area contributed by atoms with Crippen molar-refractivity contribution in [2.45, 2.75) is 6.10 Å². The molecule has 0 aliphatic carbocycles. The second kappa shape index (κ2) is 3.53. The van der Waals surface area contributed by atoms with Crippen molar-refractivity contribution in [2.75, 3.05) is 6.54 Å². The lowest BCUT2D eigenvalue weighted by Gasteiger charge is -2.03. The summed E-state index contributed by atoms with van der Waals surface area (Å²) < 4.78 is 5.26. The van der Waals surface area contributed by atoms with Crippen LogP contribution in [0, 0.1) is 10.1 Å². The van der Waals surface area contributed by atoms with Crippen LogP contribution < -0.4 is 0 Å². The predicted octanol–water partition coefficient (Wildman–Crippen LogP) is 1.19. The van der Waals surface area contributed by atoms with Gasteiger partial charge in [-0.1, -0.05) is 0 Å². The van der Waals surface area contributed by atoms with E-state index in [0.717, 1.165) is 0 Å². The van der Waals surface area contributed by atoms with Crippen LogP contribution in [0.4, 0.5) is 0 Å². The molecular formula is C5H3Br2NO4. The standard InChI is InChI=1S/C5H3Br2NO4/c6-3-2(1-8(10)11)12-5(9)4(3)7/h2H,1H2/t2-/m1/s1. The van der Waals surface area contributed by atoms with Gasteiger partial charge in [-0.15, -0.1) is 0 Å². The molecule has 0 saturated carbocycles. The van der Waals surface area contributed by atoms with Crippen LogP contribution in [0.1, 0.15) is 0 Å². The molecule has 0 radical (unpaired) electrons. The van der Waals surface area contributed by atoms with Crippen LogP contribution in [0.2, 0.25) is 0 Å². The van der Waals surface area contributed by atoms with Crippen molar-refractivity contribution in [2.24, 2.45) is 0 Å². The molecule has 0 bridgehead atoms. The summed E-state index contributed by atoms with van der Waals surface area (Å²) in [6, 6.07) is 0. The van der Waals surface area contributed by atoms with E-state index in [1.807, 2.05) is 0 Å². The molecule has 0 spiro atoms. The van der Waals surface area contributed by atoms with Gasteiger partial charge >= 0.3 is 5.97 Å². The smallest absolute Gasteiger partial charge is 0.347 e. The molecule has 5 nitrogen and oxygen atoms in total. The van der Waals surface area contributed by atoms with Gasteiger partial charge in [-0.05, 0) is 31.9 Å². The highest BCUT2D eigenvalue weighted by atomic mass is 79.9. The first-order valence-corrected chi connectivity index (χ1v) is 4.49. The predicted molar refractivity (Wildman–Crippen MR) is 46.6 cm³/mol. The maximum Gasteiger partial charge on any atom is 0.347 e. The van der Waals surface area contributed by atoms with Crippen molar-refractivity contribution in [3.05, 3.63) is 19.1 Å². The van der Waals surface area contributed by atoms with E-state index in [0.29, 0.717) is 4.48 Å². The molecule has 1 aliphatic heterocycles. The lowest BCUT2D eigenvalue weighted by Crippen LogP contribution is -2.20. The van der Waals surface area contributed by atoms with E-state index in [2.05, 4.69) is 36.6 Å². The van der Waals surface area contributed by atoms with Crippen LogP contribution in [-0.4, -0.2) is 23.5 Å². The van der Waals surface area contributed by atoms with Crippen molar-refractivity contribution in [1.82, 2.24) is 0 Å². The minimum Gasteiger partial charge on any atom is -0.446 e. The maximum atomic E-state index is 10.8. The number of nitrogens with zero attached hydrogens (tertiary/aromatic N) is 1. The number of cyclic esters (lactones) is 1. The third-order valence-electron chi connectivity index (χ3n) is 1.24. The van der Waals surface area contributed by atoms with Crippen LogP contribution in [-0.2, 0) is 9.53 Å². The van der Waals surface area contributed by atoms with Crippen LogP contribution in [0.25, 0.3) is 0 Å². The van der Waals surface area contributed by atoms with Gasteiger partial charge in [0.25, 0.3) is 0 Å². The Morgan fingerprint density at radius 3 is 2.50 bits per heavy atom. The highest BCUT2D eigenvalue weighted by Gasteiger charge is 2.34. The van der Waals surface area contributed by atoms with Gasteiger partial charge in [0.1, 0.15) is 4.48 Å². The van der Waals surface area contributed by atoms with E-state index in [1.165, 1.54) is 0 Å². The number of hydrogen-bond donors (Lipinski definition) is 0. The number of nitro groups is 1. The first kappa shape index (κ1) is 9.66. The molecule has 0 aromatic heterocycles. The fourth-order valence-electron chi connectivity index (χ4n) is 0.724. The Kier molecular flexibility index (Phi) is 2.84. The second-order valence-electron chi connectivity index (χ2n) is 2.07. The van der Waals surface area contributed by atoms with Gasteiger partial charge in [-0.3, -0.25) is 10.1 Å². The SMILES string of the molecule is O=C1O[C@H](C[N+](=O)[O-])C(Br)=C1Br. The van der Waals surface area contributed by atoms with Crippen LogP contribution >= 0.6 is 31.9 Å². The zero-order chi connectivity index (χ0) is 9.30. The molecule has 0 fully saturated rings. The Morgan fingerprint density at radius 2 is 2.17 bits per heavy atom. The summed E-state index contributed by atoms with van der Waals surface area (Å²) in [5, 5.41) is 10.1. The Morgan fingerprint density at radius 1 is 1.58 bits per heavy atom. The zero-order valence-electron chi connectivity index (χ0n) is 5.62. The summed E-state index contributed by atoms with van der Waals surface area (Å²) in [4.78, 5) is 20.3. The molecule has 7 heteroatoms. The lowest BCUT2D eigenvalue weighted by atomic mass is 10.3. The highest BCUT2D eigenvalue weighted by Crippen LogP contribution is 2.31. The van der Waals surface area contributed by atoms with E-state index in [-0.39, 0.29) is 4.48 Å². The van der Waals surface area contributed by atoms with E-state index in [1.54, 1.807) is 0 Å². The molecule has 1 atom stereocenters. The van der Waals surface area contributed by atoms with Crippen LogP contribution in [0.5, 0.6) is 0 Å². The highest BCUT2D eigenvalue weighted by molar-refractivity contribution is 9.14. The Hall–Kier alpha value is -0.430. The summed E-state index contributed by atoms with van der Waals surface area (Å²) in [5.41, 5.74) is 0. The van der Waals surface area contributed by atoms with Crippen molar-refractivity contribution >= 4 is 37.8 Å². The Bertz CT molecular complexity index is 275. The molecule has 66 valence electrons. The van der Waals surface area contributed by atoms with E-state index in [4.69, 9.17) is 0 Å². The fraction of sp³-hybridized carbons (Fsp3) is 0.400. The van der Waals surface area contributed by atoms with Crippen LogP contribution in [0.3, 0.4) is 0 Å². The first-order chi connectivity index (χ1) is 5.52. The molecule has 0 amide bonds. The van der Waals surface area contributed by atoms with Crippen molar-refractivity contribution in [3.8, 4) is 0 Å². The van der Waals surface area contributed by atoms with Gasteiger partial charge < -0.3 is 4.74 Å². The average Bonchev–Trinajstić information content (AvgIpc) is 2.17. The molecule has 0 aromatic rings. The number of ether oxygens (including phenoxy) is 1. The molecule has 1 heterocycles. The third kappa shape index (κ3) is 1.84. The van der Waals surface area contributed by atoms with Gasteiger partial charge in [0.15, 0.2) is 6.10 Å². The van der Waals surface area contributed by atoms with Gasteiger partial charge in [0.05, 0.1) is 4.48 Å². The summed E-state index contributed by atoms with van der Waals surface area (Å²) in [5.74, 6) is -0.575. The Balaban J connectivity index is 2.73. The van der Waals surface area contributed by atoms with Crippen molar-refractivity contribution in [1.29, 1.82) is 0 Å². The Labute approximate surface area is 84.2 Å². The molecule has 1 rings (SSSR count). The molecule has 12 heavy (non-hydrogen) atoms. The van der Waals surface area contributed by atoms with E-state index >= 15 is 0 Å². The molecular weight excluding hydrogens is 298 g/mol. The lowest BCUT2D eigenvalue weighted by molar-refractivity contribution is -0.487. The van der Waals surface area contributed by atoms with Gasteiger partial charge in [-0.25, -0.2) is 4.79 Å². The number of esters is 1. The fourth-order valence-corrected chi connectivity index (χ4v) is 1.47. The summed E-state index contributed by atoms with van der Waals surface area (Å²) >= 11 is 5.96. The molecule has 1 aliphatic rings. The first-order valence-electron chi connectivity index (χ1n) is 2.90. The summed E-state index contributed by atoms with van der Waals surface area (Å²) in [7, 11) is 0. The number of carbonyl (C=O) groups is 1. The third-order valence-corrected chi connectivity index (χ3v) is 3.43. The van der Waals surface area contributed by atoms with Crippen molar-refractivity contribution in [3.63, 3.8) is 0 Å². The van der Waals surface area contributed by atoms with Crippen LogP contribution in [0.15, 0.2) is 8.96 Å². The maximum absolute atomic E-state index is 10.8. The van der Waals surface area contributed by atoms with Crippen molar-refractivity contribution < 1.29 is 14.5 Å². The zero-order valence-corrected chi connectivity index (χ0v) is 8.79. The minimum atomic E-state index is -0.790. The minimum absolute atomic E-state index is 0.217. The molecule has 0 N–H and O–H groups in total. The molecule has 0 aromatic carbocycles. The van der Waals surface area contributed by atoms with Gasteiger partial charge in [0, 0.05) is 4.92 Å².